The van der Waals surface area contributed by atoms with E-state index in [0.29, 0.717) is 18.8 Å². The third-order valence-electron chi connectivity index (χ3n) is 9.93. The first kappa shape index (κ1) is 32.1. The van der Waals surface area contributed by atoms with E-state index >= 15 is 0 Å². The first-order valence-corrected chi connectivity index (χ1v) is 17.0. The highest BCUT2D eigenvalue weighted by atomic mass is 35.5. The van der Waals surface area contributed by atoms with Gasteiger partial charge in [0.05, 0.1) is 12.2 Å². The zero-order chi connectivity index (χ0) is 31.9. The summed E-state index contributed by atoms with van der Waals surface area (Å²) in [5.74, 6) is -0.275. The highest BCUT2D eigenvalue weighted by Gasteiger charge is 2.40. The summed E-state index contributed by atoms with van der Waals surface area (Å²) < 4.78 is 10.8. The number of amides is 1. The molecule has 2 aliphatic heterocycles. The Kier molecular flexibility index (Phi) is 10.3. The fourth-order valence-electron chi connectivity index (χ4n) is 7.22. The van der Waals surface area contributed by atoms with Crippen LogP contribution < -0.4 is 4.90 Å². The van der Waals surface area contributed by atoms with Crippen molar-refractivity contribution in [2.75, 3.05) is 57.3 Å². The second kappa shape index (κ2) is 14.7. The molecule has 0 atom stereocenters. The minimum Gasteiger partial charge on any atom is -0.462 e. The molecule has 0 N–H and O–H groups in total. The summed E-state index contributed by atoms with van der Waals surface area (Å²) in [5.41, 5.74) is 7.21. The Hall–Kier alpha value is -3.81. The molecular weight excluding hydrogens is 598 g/mol. The third kappa shape index (κ3) is 7.76. The number of piperidine rings is 1. The maximum absolute atomic E-state index is 12.9. The van der Waals surface area contributed by atoms with Gasteiger partial charge in [-0.05, 0) is 97.5 Å². The van der Waals surface area contributed by atoms with Crippen LogP contribution in [0.4, 0.5) is 10.5 Å². The molecule has 1 spiro atoms. The van der Waals surface area contributed by atoms with Gasteiger partial charge in [0.15, 0.2) is 0 Å². The van der Waals surface area contributed by atoms with E-state index in [1.54, 1.807) is 0 Å². The Morgan fingerprint density at radius 3 is 2.17 bits per heavy atom. The van der Waals surface area contributed by atoms with Crippen LogP contribution in [-0.2, 0) is 16.1 Å². The summed E-state index contributed by atoms with van der Waals surface area (Å²) in [6.45, 7) is 8.78. The van der Waals surface area contributed by atoms with E-state index < -0.39 is 0 Å². The lowest BCUT2D eigenvalue weighted by molar-refractivity contribution is 0.0525. The smallest absolute Gasteiger partial charge is 0.410 e. The number of rotatable bonds is 8. The minimum atomic E-state index is -0.275. The fourth-order valence-corrected chi connectivity index (χ4v) is 7.35. The molecule has 46 heavy (non-hydrogen) atoms. The summed E-state index contributed by atoms with van der Waals surface area (Å²) in [6.07, 6.45) is 5.04. The number of carbonyl (C=O) groups is 2. The van der Waals surface area contributed by atoms with Crippen molar-refractivity contribution in [2.24, 2.45) is 5.41 Å². The van der Waals surface area contributed by atoms with E-state index in [1.807, 2.05) is 78.6 Å². The van der Waals surface area contributed by atoms with Crippen LogP contribution in [0, 0.1) is 5.41 Å². The lowest BCUT2D eigenvalue weighted by Gasteiger charge is -2.46. The number of esters is 1. The lowest BCUT2D eigenvalue weighted by Crippen LogP contribution is -2.48. The SMILES string of the molecule is CCOC(=O)c1ccc(N2CCN(CC3=C(c4ccc(Cl)cc4)CCC4(CCN(C(=O)OCc5ccccc5)CC4)C3)CC2)cc1. The molecule has 3 aromatic rings. The first-order valence-electron chi connectivity index (χ1n) is 16.6. The zero-order valence-electron chi connectivity index (χ0n) is 26.8. The van der Waals surface area contributed by atoms with E-state index in [4.69, 9.17) is 21.1 Å². The molecule has 3 aliphatic rings. The molecule has 0 aromatic heterocycles. The van der Waals surface area contributed by atoms with Crippen LogP contribution in [0.5, 0.6) is 0 Å². The minimum absolute atomic E-state index is 0.208. The predicted octanol–water partition coefficient (Wildman–Crippen LogP) is 7.70. The molecule has 2 saturated heterocycles. The van der Waals surface area contributed by atoms with Gasteiger partial charge in [-0.3, -0.25) is 4.90 Å². The second-order valence-corrected chi connectivity index (χ2v) is 13.3. The molecule has 0 bridgehead atoms. The van der Waals surface area contributed by atoms with E-state index in [2.05, 4.69) is 21.9 Å². The monoisotopic (exact) mass is 641 g/mol. The quantitative estimate of drug-likeness (QED) is 0.235. The largest absolute Gasteiger partial charge is 0.462 e. The Balaban J connectivity index is 1.09. The van der Waals surface area contributed by atoms with Crippen molar-refractivity contribution in [3.05, 3.63) is 106 Å². The van der Waals surface area contributed by atoms with Gasteiger partial charge in [0, 0.05) is 56.5 Å². The van der Waals surface area contributed by atoms with Crippen LogP contribution in [0.15, 0.2) is 84.4 Å². The van der Waals surface area contributed by atoms with Gasteiger partial charge in [-0.15, -0.1) is 0 Å². The number of anilines is 1. The molecule has 1 amide bonds. The zero-order valence-corrected chi connectivity index (χ0v) is 27.5. The summed E-state index contributed by atoms with van der Waals surface area (Å²) in [5, 5.41) is 0.760. The summed E-state index contributed by atoms with van der Waals surface area (Å²) in [7, 11) is 0. The third-order valence-corrected chi connectivity index (χ3v) is 10.2. The molecule has 1 aliphatic carbocycles. The van der Waals surface area contributed by atoms with Crippen molar-refractivity contribution < 1.29 is 19.1 Å². The molecule has 2 heterocycles. The van der Waals surface area contributed by atoms with Crippen molar-refractivity contribution in [2.45, 2.75) is 45.6 Å². The number of piperazine rings is 1. The van der Waals surface area contributed by atoms with Gasteiger partial charge < -0.3 is 19.3 Å². The molecule has 2 fully saturated rings. The van der Waals surface area contributed by atoms with Gasteiger partial charge >= 0.3 is 12.1 Å². The molecule has 242 valence electrons. The number of hydrogen-bond acceptors (Lipinski definition) is 6. The van der Waals surface area contributed by atoms with Gasteiger partial charge in [0.25, 0.3) is 0 Å². The molecule has 7 nitrogen and oxygen atoms in total. The van der Waals surface area contributed by atoms with Crippen molar-refractivity contribution in [3.63, 3.8) is 0 Å². The average Bonchev–Trinajstić information content (AvgIpc) is 3.09. The fraction of sp³-hybridized carbons (Fsp3) is 0.421. The normalized spacial score (nSPS) is 18.5. The Morgan fingerprint density at radius 2 is 1.50 bits per heavy atom. The number of hydrogen-bond donors (Lipinski definition) is 0. The van der Waals surface area contributed by atoms with Crippen molar-refractivity contribution >= 4 is 34.9 Å². The first-order chi connectivity index (χ1) is 22.4. The molecule has 0 radical (unpaired) electrons. The van der Waals surface area contributed by atoms with Gasteiger partial charge in [-0.1, -0.05) is 59.6 Å². The van der Waals surface area contributed by atoms with E-state index in [1.165, 1.54) is 16.7 Å². The molecule has 3 aromatic carbocycles. The van der Waals surface area contributed by atoms with Gasteiger partial charge in [0.1, 0.15) is 6.61 Å². The predicted molar refractivity (Wildman–Crippen MR) is 183 cm³/mol. The van der Waals surface area contributed by atoms with Crippen LogP contribution in [0.25, 0.3) is 5.57 Å². The number of ether oxygens (including phenoxy) is 2. The van der Waals surface area contributed by atoms with Crippen LogP contribution >= 0.6 is 11.6 Å². The van der Waals surface area contributed by atoms with Crippen LogP contribution in [-0.4, -0.2) is 74.3 Å². The Labute approximate surface area is 277 Å². The summed E-state index contributed by atoms with van der Waals surface area (Å²) in [4.78, 5) is 31.8. The second-order valence-electron chi connectivity index (χ2n) is 12.8. The number of allylic oxidation sites excluding steroid dienone is 1. The van der Waals surface area contributed by atoms with E-state index in [9.17, 15) is 9.59 Å². The standard InChI is InChI=1S/C38H44ClN3O4/c1-2-45-36(43)31-10-14-34(15-11-31)41-24-22-40(23-25-41)27-32-26-38(17-16-35(32)30-8-12-33(39)13-9-30)18-20-42(21-19-38)37(44)46-28-29-6-4-3-5-7-29/h3-15H,2,16-28H2,1H3. The van der Waals surface area contributed by atoms with Gasteiger partial charge in [-0.25, -0.2) is 9.59 Å². The van der Waals surface area contributed by atoms with Crippen LogP contribution in [0.3, 0.4) is 0 Å². The van der Waals surface area contributed by atoms with Gasteiger partial charge in [0.2, 0.25) is 0 Å². The summed E-state index contributed by atoms with van der Waals surface area (Å²) >= 11 is 6.26. The molecule has 6 rings (SSSR count). The number of carbonyl (C=O) groups excluding carboxylic acids is 2. The highest BCUT2D eigenvalue weighted by molar-refractivity contribution is 6.30. The van der Waals surface area contributed by atoms with E-state index in [0.717, 1.165) is 94.2 Å². The Morgan fingerprint density at radius 1 is 0.804 bits per heavy atom. The number of likely N-dealkylation sites (tertiary alicyclic amines) is 1. The molecule has 8 heteroatoms. The Bertz CT molecular complexity index is 1510. The number of benzene rings is 3. The van der Waals surface area contributed by atoms with Crippen molar-refractivity contribution in [1.29, 1.82) is 0 Å². The van der Waals surface area contributed by atoms with Crippen LogP contribution in [0.1, 0.15) is 60.5 Å². The topological polar surface area (TPSA) is 62.3 Å². The summed E-state index contributed by atoms with van der Waals surface area (Å²) in [6, 6.07) is 26.0. The van der Waals surface area contributed by atoms with Crippen LogP contribution in [0.2, 0.25) is 5.02 Å². The maximum atomic E-state index is 12.9. The lowest BCUT2D eigenvalue weighted by atomic mass is 9.65. The maximum Gasteiger partial charge on any atom is 0.410 e. The van der Waals surface area contributed by atoms with E-state index in [-0.39, 0.29) is 17.5 Å². The van der Waals surface area contributed by atoms with Crippen molar-refractivity contribution in [3.8, 4) is 0 Å². The molecule has 0 unspecified atom stereocenters. The number of nitrogens with zero attached hydrogens (tertiary/aromatic N) is 3. The molecular formula is C38H44ClN3O4. The highest BCUT2D eigenvalue weighted by Crippen LogP contribution is 2.49. The molecule has 0 saturated carbocycles. The number of halogens is 1. The van der Waals surface area contributed by atoms with Gasteiger partial charge in [-0.2, -0.15) is 0 Å². The van der Waals surface area contributed by atoms with Crippen molar-refractivity contribution in [1.82, 2.24) is 9.80 Å². The average molecular weight is 642 g/mol.